The minimum Gasteiger partial charge on any atom is -0.497 e. The van der Waals surface area contributed by atoms with Crippen LogP contribution in [0.3, 0.4) is 0 Å². The Morgan fingerprint density at radius 3 is 2.32 bits per heavy atom. The first-order valence-electron chi connectivity index (χ1n) is 9.68. The van der Waals surface area contributed by atoms with Crippen LogP contribution in [0.5, 0.6) is 11.5 Å². The summed E-state index contributed by atoms with van der Waals surface area (Å²) in [4.78, 5) is 28.1. The van der Waals surface area contributed by atoms with Crippen LogP contribution in [0.1, 0.15) is 27.5 Å². The molecule has 1 aliphatic rings. The van der Waals surface area contributed by atoms with Crippen molar-refractivity contribution in [2.24, 2.45) is 0 Å². The number of fused-ring (bicyclic) bond motifs is 1. The van der Waals surface area contributed by atoms with E-state index < -0.39 is 6.04 Å². The van der Waals surface area contributed by atoms with Crippen molar-refractivity contribution in [3.05, 3.63) is 87.9 Å². The van der Waals surface area contributed by atoms with Gasteiger partial charge >= 0.3 is 0 Å². The highest BCUT2D eigenvalue weighted by atomic mass is 79.9. The Labute approximate surface area is 188 Å². The van der Waals surface area contributed by atoms with Crippen LogP contribution >= 0.6 is 15.9 Å². The van der Waals surface area contributed by atoms with Gasteiger partial charge < -0.3 is 19.7 Å². The fraction of sp³-hybridized carbons (Fsp3) is 0.167. The van der Waals surface area contributed by atoms with E-state index in [2.05, 4.69) is 21.2 Å². The Bertz CT molecular complexity index is 1110. The smallest absolute Gasteiger partial charge is 0.255 e. The van der Waals surface area contributed by atoms with Gasteiger partial charge in [-0.1, -0.05) is 46.3 Å². The molecule has 0 saturated carbocycles. The maximum atomic E-state index is 13.7. The van der Waals surface area contributed by atoms with Gasteiger partial charge in [0.15, 0.2) is 0 Å². The van der Waals surface area contributed by atoms with Crippen molar-refractivity contribution in [3.8, 4) is 11.5 Å². The standard InChI is InChI=1S/C24H21BrN2O4/c1-30-18-10-16(11-19(13-18)31-2)24(29)27-14-22(28)26-21-9-8-17(25)12-20(21)23(27)15-6-4-3-5-7-15/h3-13,23H,14H2,1-2H3,(H,26,28)/t23-/m1/s1. The number of ether oxygens (including phenoxy) is 2. The molecule has 0 aromatic heterocycles. The fourth-order valence-corrected chi connectivity index (χ4v) is 4.14. The summed E-state index contributed by atoms with van der Waals surface area (Å²) >= 11 is 3.52. The highest BCUT2D eigenvalue weighted by Gasteiger charge is 2.34. The van der Waals surface area contributed by atoms with Gasteiger partial charge in [0.25, 0.3) is 5.91 Å². The number of halogens is 1. The van der Waals surface area contributed by atoms with Gasteiger partial charge in [0, 0.05) is 27.4 Å². The topological polar surface area (TPSA) is 67.9 Å². The number of nitrogens with one attached hydrogen (secondary N) is 1. The molecule has 0 bridgehead atoms. The minimum atomic E-state index is -0.461. The lowest BCUT2D eigenvalue weighted by atomic mass is 9.95. The van der Waals surface area contributed by atoms with Gasteiger partial charge in [-0.25, -0.2) is 0 Å². The van der Waals surface area contributed by atoms with E-state index >= 15 is 0 Å². The van der Waals surface area contributed by atoms with Crippen LogP contribution in [0.25, 0.3) is 0 Å². The molecule has 158 valence electrons. The normalized spacial score (nSPS) is 15.5. The molecule has 31 heavy (non-hydrogen) atoms. The molecule has 4 rings (SSSR count). The fourth-order valence-electron chi connectivity index (χ4n) is 3.76. The third-order valence-electron chi connectivity index (χ3n) is 5.18. The van der Waals surface area contributed by atoms with E-state index in [1.165, 1.54) is 14.2 Å². The lowest BCUT2D eigenvalue weighted by Gasteiger charge is -2.31. The second-order valence-electron chi connectivity index (χ2n) is 7.13. The Morgan fingerprint density at radius 2 is 1.68 bits per heavy atom. The van der Waals surface area contributed by atoms with Gasteiger partial charge in [0.2, 0.25) is 5.91 Å². The van der Waals surface area contributed by atoms with Crippen LogP contribution in [0.2, 0.25) is 0 Å². The van der Waals surface area contributed by atoms with Gasteiger partial charge in [-0.15, -0.1) is 0 Å². The second-order valence-corrected chi connectivity index (χ2v) is 8.04. The van der Waals surface area contributed by atoms with Crippen molar-refractivity contribution < 1.29 is 19.1 Å². The van der Waals surface area contributed by atoms with E-state index in [0.717, 1.165) is 15.6 Å². The van der Waals surface area contributed by atoms with E-state index in [0.29, 0.717) is 22.7 Å². The molecule has 0 fully saturated rings. The van der Waals surface area contributed by atoms with Gasteiger partial charge in [0.1, 0.15) is 18.0 Å². The van der Waals surface area contributed by atoms with Crippen LogP contribution in [0, 0.1) is 0 Å². The maximum absolute atomic E-state index is 13.7. The Kier molecular flexibility index (Phi) is 5.95. The van der Waals surface area contributed by atoms with Crippen molar-refractivity contribution >= 4 is 33.4 Å². The first-order valence-corrected chi connectivity index (χ1v) is 10.5. The average Bonchev–Trinajstić information content (AvgIpc) is 2.94. The lowest BCUT2D eigenvalue weighted by Crippen LogP contribution is -2.39. The molecule has 1 aliphatic heterocycles. The first kappa shape index (κ1) is 20.9. The van der Waals surface area contributed by atoms with E-state index in [9.17, 15) is 9.59 Å². The zero-order valence-corrected chi connectivity index (χ0v) is 18.7. The highest BCUT2D eigenvalue weighted by Crippen LogP contribution is 2.38. The number of carbonyl (C=O) groups is 2. The third kappa shape index (κ3) is 4.27. The summed E-state index contributed by atoms with van der Waals surface area (Å²) in [6.07, 6.45) is 0. The summed E-state index contributed by atoms with van der Waals surface area (Å²) in [5, 5.41) is 2.93. The molecule has 6 nitrogen and oxygen atoms in total. The summed E-state index contributed by atoms with van der Waals surface area (Å²) in [6.45, 7) is -0.0930. The molecule has 1 heterocycles. The minimum absolute atomic E-state index is 0.0930. The summed E-state index contributed by atoms with van der Waals surface area (Å²) < 4.78 is 11.5. The molecular weight excluding hydrogens is 460 g/mol. The van der Waals surface area contributed by atoms with Gasteiger partial charge in [-0.05, 0) is 35.9 Å². The number of benzene rings is 3. The highest BCUT2D eigenvalue weighted by molar-refractivity contribution is 9.10. The number of amides is 2. The molecule has 1 atom stereocenters. The van der Waals surface area contributed by atoms with Gasteiger partial charge in [-0.3, -0.25) is 9.59 Å². The van der Waals surface area contributed by atoms with E-state index in [-0.39, 0.29) is 18.4 Å². The molecule has 7 heteroatoms. The molecule has 0 aliphatic carbocycles. The molecule has 2 amide bonds. The van der Waals surface area contributed by atoms with Crippen molar-refractivity contribution in [2.75, 3.05) is 26.1 Å². The predicted molar refractivity (Wildman–Crippen MR) is 122 cm³/mol. The van der Waals surface area contributed by atoms with Gasteiger partial charge in [0.05, 0.1) is 20.3 Å². The number of carbonyl (C=O) groups excluding carboxylic acids is 2. The molecule has 3 aromatic rings. The summed E-state index contributed by atoms with van der Waals surface area (Å²) in [5.74, 6) is 0.446. The summed E-state index contributed by atoms with van der Waals surface area (Å²) in [5.41, 5.74) is 2.79. The summed E-state index contributed by atoms with van der Waals surface area (Å²) in [7, 11) is 3.06. The number of rotatable bonds is 4. The summed E-state index contributed by atoms with van der Waals surface area (Å²) in [6, 6.07) is 19.9. The molecule has 0 unspecified atom stereocenters. The van der Waals surface area contributed by atoms with Gasteiger partial charge in [-0.2, -0.15) is 0 Å². The van der Waals surface area contributed by atoms with Crippen LogP contribution in [0.15, 0.2) is 71.2 Å². The van der Waals surface area contributed by atoms with Crippen molar-refractivity contribution in [2.45, 2.75) is 6.04 Å². The molecule has 1 N–H and O–H groups in total. The lowest BCUT2D eigenvalue weighted by molar-refractivity contribution is -0.117. The third-order valence-corrected chi connectivity index (χ3v) is 5.68. The second kappa shape index (κ2) is 8.81. The van der Waals surface area contributed by atoms with Crippen molar-refractivity contribution in [3.63, 3.8) is 0 Å². The quantitative estimate of drug-likeness (QED) is 0.589. The zero-order chi connectivity index (χ0) is 22.0. The number of hydrogen-bond acceptors (Lipinski definition) is 4. The predicted octanol–water partition coefficient (Wildman–Crippen LogP) is 4.65. The number of hydrogen-bond donors (Lipinski definition) is 1. The van der Waals surface area contributed by atoms with E-state index in [4.69, 9.17) is 9.47 Å². The molecule has 0 spiro atoms. The monoisotopic (exact) mass is 480 g/mol. The number of nitrogens with zero attached hydrogens (tertiary/aromatic N) is 1. The molecule has 0 radical (unpaired) electrons. The van der Waals surface area contributed by atoms with Crippen LogP contribution in [-0.4, -0.2) is 37.5 Å². The largest absolute Gasteiger partial charge is 0.497 e. The van der Waals surface area contributed by atoms with Crippen LogP contribution in [-0.2, 0) is 4.79 Å². The molecule has 3 aromatic carbocycles. The SMILES string of the molecule is COc1cc(OC)cc(C(=O)N2CC(=O)Nc3ccc(Br)cc3[C@H]2c2ccccc2)c1. The average molecular weight is 481 g/mol. The Hall–Kier alpha value is -3.32. The van der Waals surface area contributed by atoms with Crippen molar-refractivity contribution in [1.29, 1.82) is 0 Å². The zero-order valence-electron chi connectivity index (χ0n) is 17.1. The Morgan fingerprint density at radius 1 is 1.00 bits per heavy atom. The molecular formula is C24H21BrN2O4. The molecule has 0 saturated heterocycles. The maximum Gasteiger partial charge on any atom is 0.255 e. The Balaban J connectivity index is 1.88. The van der Waals surface area contributed by atoms with E-state index in [1.54, 1.807) is 23.1 Å². The van der Waals surface area contributed by atoms with Crippen LogP contribution < -0.4 is 14.8 Å². The number of anilines is 1. The van der Waals surface area contributed by atoms with E-state index in [1.807, 2.05) is 48.5 Å². The van der Waals surface area contributed by atoms with Crippen molar-refractivity contribution in [1.82, 2.24) is 4.90 Å². The first-order chi connectivity index (χ1) is 15.0. The van der Waals surface area contributed by atoms with Crippen LogP contribution in [0.4, 0.5) is 5.69 Å². The number of methoxy groups -OCH3 is 2.